The average Bonchev–Trinajstić information content (AvgIpc) is 3.30. The minimum absolute atomic E-state index is 0.623. The normalized spacial score (nSPS) is 18.6. The third-order valence-electron chi connectivity index (χ3n) is 8.43. The predicted octanol–water partition coefficient (Wildman–Crippen LogP) is 6.04. The van der Waals surface area contributed by atoms with Gasteiger partial charge in [-0.05, 0) is 107 Å². The third-order valence-corrected chi connectivity index (χ3v) is 8.43. The zero-order chi connectivity index (χ0) is 25.9. The Kier molecular flexibility index (Phi) is 8.06. The van der Waals surface area contributed by atoms with E-state index in [1.54, 1.807) is 14.2 Å². The fraction of sp³-hybridized carbons (Fsp3) is 0.581. The van der Waals surface area contributed by atoms with Gasteiger partial charge in [-0.3, -0.25) is 0 Å². The molecule has 0 unspecified atom stereocenters. The summed E-state index contributed by atoms with van der Waals surface area (Å²) in [6.45, 7) is 13.9. The second-order valence-corrected chi connectivity index (χ2v) is 11.2. The van der Waals surface area contributed by atoms with Crippen LogP contribution < -0.4 is 9.47 Å². The van der Waals surface area contributed by atoms with Gasteiger partial charge in [0.1, 0.15) is 5.82 Å². The van der Waals surface area contributed by atoms with Crippen LogP contribution in [0.2, 0.25) is 0 Å². The standard InChI is InChI=1S/C31H44N4O2/c1-6-35-28-9-7-24(19-27(28)32-31(35)25-8-10-29(36-4)30(20-25)37-5)23-11-17-34(18-12-23)26-13-15-33(16-14-26)21-22(2)3/h7-10,19-20,22-23,26H,6,11-18,21H2,1-5H3. The summed E-state index contributed by atoms with van der Waals surface area (Å²) in [5.41, 5.74) is 4.77. The van der Waals surface area contributed by atoms with E-state index in [1.807, 2.05) is 12.1 Å². The van der Waals surface area contributed by atoms with Gasteiger partial charge in [0.05, 0.1) is 25.3 Å². The van der Waals surface area contributed by atoms with Crippen LogP contribution in [-0.2, 0) is 6.54 Å². The van der Waals surface area contributed by atoms with Crippen molar-refractivity contribution in [1.29, 1.82) is 0 Å². The third kappa shape index (κ3) is 5.51. The van der Waals surface area contributed by atoms with Crippen LogP contribution >= 0.6 is 0 Å². The Morgan fingerprint density at radius 1 is 0.892 bits per heavy atom. The maximum atomic E-state index is 5.55. The molecule has 0 spiro atoms. The maximum Gasteiger partial charge on any atom is 0.161 e. The molecule has 0 aliphatic carbocycles. The van der Waals surface area contributed by atoms with Crippen LogP contribution in [0.3, 0.4) is 0 Å². The summed E-state index contributed by atoms with van der Waals surface area (Å²) >= 11 is 0. The van der Waals surface area contributed by atoms with E-state index in [0.717, 1.165) is 46.9 Å². The Bertz CT molecular complexity index is 1190. The highest BCUT2D eigenvalue weighted by Crippen LogP contribution is 2.36. The maximum absolute atomic E-state index is 5.55. The molecule has 5 rings (SSSR count). The summed E-state index contributed by atoms with van der Waals surface area (Å²) in [5, 5.41) is 0. The van der Waals surface area contributed by atoms with Crippen LogP contribution in [-0.4, -0.2) is 72.3 Å². The van der Waals surface area contributed by atoms with Crippen LogP contribution in [0.15, 0.2) is 36.4 Å². The van der Waals surface area contributed by atoms with Crippen molar-refractivity contribution in [3.63, 3.8) is 0 Å². The smallest absolute Gasteiger partial charge is 0.161 e. The molecule has 1 aromatic heterocycles. The van der Waals surface area contributed by atoms with E-state index in [4.69, 9.17) is 14.5 Å². The van der Waals surface area contributed by atoms with Crippen molar-refractivity contribution in [1.82, 2.24) is 19.4 Å². The number of hydrogen-bond acceptors (Lipinski definition) is 5. The number of nitrogens with zero attached hydrogens (tertiary/aromatic N) is 4. The number of hydrogen-bond donors (Lipinski definition) is 0. The topological polar surface area (TPSA) is 42.8 Å². The lowest BCUT2D eigenvalue weighted by Crippen LogP contribution is -2.48. The van der Waals surface area contributed by atoms with Crippen molar-refractivity contribution in [3.05, 3.63) is 42.0 Å². The average molecular weight is 505 g/mol. The zero-order valence-corrected chi connectivity index (χ0v) is 23.4. The quantitative estimate of drug-likeness (QED) is 0.374. The van der Waals surface area contributed by atoms with Gasteiger partial charge in [-0.1, -0.05) is 19.9 Å². The summed E-state index contributed by atoms with van der Waals surface area (Å²) in [7, 11) is 3.35. The summed E-state index contributed by atoms with van der Waals surface area (Å²) in [6.07, 6.45) is 5.15. The van der Waals surface area contributed by atoms with E-state index < -0.39 is 0 Å². The van der Waals surface area contributed by atoms with Crippen molar-refractivity contribution in [2.75, 3.05) is 46.9 Å². The van der Waals surface area contributed by atoms with E-state index in [9.17, 15) is 0 Å². The number of rotatable bonds is 8. The zero-order valence-electron chi connectivity index (χ0n) is 23.4. The van der Waals surface area contributed by atoms with E-state index in [1.165, 1.54) is 69.5 Å². The molecule has 200 valence electrons. The van der Waals surface area contributed by atoms with E-state index in [-0.39, 0.29) is 0 Å². The highest BCUT2D eigenvalue weighted by molar-refractivity contribution is 5.82. The first kappa shape index (κ1) is 26.1. The molecule has 2 aromatic carbocycles. The number of aromatic nitrogens is 2. The number of aryl methyl sites for hydroxylation is 1. The molecule has 0 atom stereocenters. The van der Waals surface area contributed by atoms with Crippen molar-refractivity contribution in [2.45, 2.75) is 65.0 Å². The van der Waals surface area contributed by atoms with Gasteiger partial charge in [-0.2, -0.15) is 0 Å². The summed E-state index contributed by atoms with van der Waals surface area (Å²) < 4.78 is 13.3. The second kappa shape index (κ2) is 11.4. The molecule has 0 N–H and O–H groups in total. The lowest BCUT2D eigenvalue weighted by molar-refractivity contribution is 0.0828. The Balaban J connectivity index is 1.28. The summed E-state index contributed by atoms with van der Waals surface area (Å²) in [6, 6.07) is 13.8. The first-order chi connectivity index (χ1) is 18.0. The van der Waals surface area contributed by atoms with Gasteiger partial charge in [-0.15, -0.1) is 0 Å². The van der Waals surface area contributed by atoms with E-state index >= 15 is 0 Å². The van der Waals surface area contributed by atoms with Crippen LogP contribution in [0.5, 0.6) is 11.5 Å². The number of piperidine rings is 2. The Morgan fingerprint density at radius 3 is 2.27 bits per heavy atom. The molecule has 37 heavy (non-hydrogen) atoms. The summed E-state index contributed by atoms with van der Waals surface area (Å²) in [5.74, 6) is 3.84. The molecular formula is C31H44N4O2. The molecule has 6 heteroatoms. The van der Waals surface area contributed by atoms with Gasteiger partial charge >= 0.3 is 0 Å². The lowest BCUT2D eigenvalue weighted by Gasteiger charge is -2.42. The highest BCUT2D eigenvalue weighted by Gasteiger charge is 2.29. The molecule has 3 heterocycles. The first-order valence-electron chi connectivity index (χ1n) is 14.2. The lowest BCUT2D eigenvalue weighted by atomic mass is 9.87. The van der Waals surface area contributed by atoms with Crippen LogP contribution in [0.4, 0.5) is 0 Å². The highest BCUT2D eigenvalue weighted by atomic mass is 16.5. The molecular weight excluding hydrogens is 460 g/mol. The van der Waals surface area contributed by atoms with Crippen molar-refractivity contribution in [2.24, 2.45) is 5.92 Å². The molecule has 2 aliphatic rings. The van der Waals surface area contributed by atoms with Gasteiger partial charge in [-0.25, -0.2) is 4.98 Å². The molecule has 3 aromatic rings. The monoisotopic (exact) mass is 504 g/mol. The van der Waals surface area contributed by atoms with Crippen molar-refractivity contribution in [3.8, 4) is 22.9 Å². The largest absolute Gasteiger partial charge is 0.493 e. The number of benzene rings is 2. The van der Waals surface area contributed by atoms with Crippen LogP contribution in [0.1, 0.15) is 57.9 Å². The van der Waals surface area contributed by atoms with E-state index in [0.29, 0.717) is 5.92 Å². The second-order valence-electron chi connectivity index (χ2n) is 11.2. The number of imidazole rings is 1. The molecule has 0 radical (unpaired) electrons. The molecule has 2 aliphatic heterocycles. The molecule has 0 amide bonds. The van der Waals surface area contributed by atoms with Crippen LogP contribution in [0.25, 0.3) is 22.4 Å². The molecule has 6 nitrogen and oxygen atoms in total. The van der Waals surface area contributed by atoms with Crippen molar-refractivity contribution < 1.29 is 9.47 Å². The van der Waals surface area contributed by atoms with Gasteiger partial charge in [0, 0.05) is 24.7 Å². The number of methoxy groups -OCH3 is 2. The molecule has 2 saturated heterocycles. The van der Waals surface area contributed by atoms with Gasteiger partial charge in [0.2, 0.25) is 0 Å². The Labute approximate surface area is 222 Å². The fourth-order valence-corrected chi connectivity index (χ4v) is 6.50. The fourth-order valence-electron chi connectivity index (χ4n) is 6.50. The van der Waals surface area contributed by atoms with Gasteiger partial charge in [0.15, 0.2) is 11.5 Å². The summed E-state index contributed by atoms with van der Waals surface area (Å²) in [4.78, 5) is 10.5. The number of fused-ring (bicyclic) bond motifs is 1. The Hall–Kier alpha value is -2.57. The predicted molar refractivity (Wildman–Crippen MR) is 152 cm³/mol. The minimum atomic E-state index is 0.623. The molecule has 2 fully saturated rings. The van der Waals surface area contributed by atoms with Crippen LogP contribution in [0, 0.1) is 5.92 Å². The number of ether oxygens (including phenoxy) is 2. The molecule has 0 bridgehead atoms. The minimum Gasteiger partial charge on any atom is -0.493 e. The van der Waals surface area contributed by atoms with Crippen molar-refractivity contribution >= 4 is 11.0 Å². The van der Waals surface area contributed by atoms with Gasteiger partial charge in [0.25, 0.3) is 0 Å². The van der Waals surface area contributed by atoms with E-state index in [2.05, 4.69) is 59.4 Å². The SMILES string of the molecule is CCn1c(-c2ccc(OC)c(OC)c2)nc2cc(C3CCN(C4CCN(CC(C)C)CC4)CC3)ccc21. The first-order valence-corrected chi connectivity index (χ1v) is 14.2. The molecule has 0 saturated carbocycles. The Morgan fingerprint density at radius 2 is 1.62 bits per heavy atom. The van der Waals surface area contributed by atoms with Gasteiger partial charge < -0.3 is 23.8 Å². The number of likely N-dealkylation sites (tertiary alicyclic amines) is 2.